The van der Waals surface area contributed by atoms with E-state index in [0.717, 1.165) is 5.56 Å². The molecule has 2 aromatic rings. The molecular formula is C13H12ClNO2S. The molecule has 0 aliphatic rings. The smallest absolute Gasteiger partial charge is 0.261 e. The SMILES string of the molecule is O=C(NC(CO)c1ccc(Cl)cc1)c1cccs1. The molecule has 1 unspecified atom stereocenters. The molecule has 1 aromatic carbocycles. The summed E-state index contributed by atoms with van der Waals surface area (Å²) in [6.07, 6.45) is 0. The Morgan fingerprint density at radius 3 is 2.61 bits per heavy atom. The molecule has 2 rings (SSSR count). The van der Waals surface area contributed by atoms with E-state index in [1.807, 2.05) is 11.4 Å². The number of nitrogens with one attached hydrogen (secondary N) is 1. The van der Waals surface area contributed by atoms with Gasteiger partial charge in [-0.25, -0.2) is 0 Å². The summed E-state index contributed by atoms with van der Waals surface area (Å²) >= 11 is 7.16. The molecule has 1 atom stereocenters. The topological polar surface area (TPSA) is 49.3 Å². The van der Waals surface area contributed by atoms with Gasteiger partial charge in [0.15, 0.2) is 0 Å². The quantitative estimate of drug-likeness (QED) is 0.905. The van der Waals surface area contributed by atoms with Crippen molar-refractivity contribution in [3.8, 4) is 0 Å². The molecule has 0 saturated carbocycles. The summed E-state index contributed by atoms with van der Waals surface area (Å²) < 4.78 is 0. The summed E-state index contributed by atoms with van der Waals surface area (Å²) in [6, 6.07) is 10.2. The van der Waals surface area contributed by atoms with E-state index in [9.17, 15) is 9.90 Å². The van der Waals surface area contributed by atoms with Gasteiger partial charge in [0, 0.05) is 5.02 Å². The lowest BCUT2D eigenvalue weighted by molar-refractivity contribution is 0.0920. The molecule has 0 spiro atoms. The van der Waals surface area contributed by atoms with Crippen molar-refractivity contribution >= 4 is 28.8 Å². The fraction of sp³-hybridized carbons (Fsp3) is 0.154. The van der Waals surface area contributed by atoms with E-state index in [-0.39, 0.29) is 12.5 Å². The van der Waals surface area contributed by atoms with Crippen LogP contribution in [0.25, 0.3) is 0 Å². The molecule has 3 nitrogen and oxygen atoms in total. The number of benzene rings is 1. The number of aliphatic hydroxyl groups is 1. The lowest BCUT2D eigenvalue weighted by Gasteiger charge is -2.16. The minimum absolute atomic E-state index is 0.154. The minimum atomic E-state index is -0.420. The summed E-state index contributed by atoms with van der Waals surface area (Å²) in [7, 11) is 0. The lowest BCUT2D eigenvalue weighted by atomic mass is 10.1. The van der Waals surface area contributed by atoms with Gasteiger partial charge < -0.3 is 10.4 Å². The third-order valence-electron chi connectivity index (χ3n) is 2.51. The van der Waals surface area contributed by atoms with Crippen LogP contribution in [0.15, 0.2) is 41.8 Å². The monoisotopic (exact) mass is 281 g/mol. The van der Waals surface area contributed by atoms with Crippen molar-refractivity contribution in [2.24, 2.45) is 0 Å². The predicted octanol–water partition coefficient (Wildman–Crippen LogP) is 2.86. The molecule has 0 radical (unpaired) electrons. The van der Waals surface area contributed by atoms with Gasteiger partial charge in [0.05, 0.1) is 17.5 Å². The first-order valence-corrected chi connectivity index (χ1v) is 6.67. The average molecular weight is 282 g/mol. The first-order valence-electron chi connectivity index (χ1n) is 5.41. The maximum absolute atomic E-state index is 11.9. The third kappa shape index (κ3) is 3.10. The largest absolute Gasteiger partial charge is 0.394 e. The van der Waals surface area contributed by atoms with Crippen molar-refractivity contribution in [1.29, 1.82) is 0 Å². The van der Waals surface area contributed by atoms with Gasteiger partial charge in [0.25, 0.3) is 5.91 Å². The van der Waals surface area contributed by atoms with E-state index in [4.69, 9.17) is 11.6 Å². The highest BCUT2D eigenvalue weighted by molar-refractivity contribution is 7.12. The second-order valence-electron chi connectivity index (χ2n) is 3.74. The number of carbonyl (C=O) groups is 1. The van der Waals surface area contributed by atoms with Crippen LogP contribution in [0.4, 0.5) is 0 Å². The first-order chi connectivity index (χ1) is 8.70. The molecule has 0 saturated heterocycles. The number of aliphatic hydroxyl groups excluding tert-OH is 1. The van der Waals surface area contributed by atoms with Crippen LogP contribution in [0.1, 0.15) is 21.3 Å². The summed E-state index contributed by atoms with van der Waals surface area (Å²) in [4.78, 5) is 12.5. The fourth-order valence-corrected chi connectivity index (χ4v) is 2.32. The van der Waals surface area contributed by atoms with Gasteiger partial charge in [0.2, 0.25) is 0 Å². The standard InChI is InChI=1S/C13H12ClNO2S/c14-10-5-3-9(4-6-10)11(8-16)15-13(17)12-2-1-7-18-12/h1-7,11,16H,8H2,(H,15,17). The van der Waals surface area contributed by atoms with Gasteiger partial charge in [0.1, 0.15) is 0 Å². The number of hydrogen-bond acceptors (Lipinski definition) is 3. The molecule has 0 aliphatic carbocycles. The van der Waals surface area contributed by atoms with E-state index in [1.165, 1.54) is 11.3 Å². The van der Waals surface area contributed by atoms with Crippen LogP contribution in [-0.2, 0) is 0 Å². The second kappa shape index (κ2) is 6.00. The van der Waals surface area contributed by atoms with Crippen LogP contribution in [0.5, 0.6) is 0 Å². The van der Waals surface area contributed by atoms with Gasteiger partial charge in [-0.15, -0.1) is 11.3 Å². The van der Waals surface area contributed by atoms with E-state index in [2.05, 4.69) is 5.32 Å². The summed E-state index contributed by atoms with van der Waals surface area (Å²) in [6.45, 7) is -0.154. The summed E-state index contributed by atoms with van der Waals surface area (Å²) in [5.41, 5.74) is 0.826. The molecule has 94 valence electrons. The summed E-state index contributed by atoms with van der Waals surface area (Å²) in [5.74, 6) is -0.181. The van der Waals surface area contributed by atoms with E-state index in [1.54, 1.807) is 30.3 Å². The zero-order valence-electron chi connectivity index (χ0n) is 9.47. The van der Waals surface area contributed by atoms with Crippen molar-refractivity contribution in [3.05, 3.63) is 57.2 Å². The number of thiophene rings is 1. The maximum Gasteiger partial charge on any atom is 0.261 e. The highest BCUT2D eigenvalue weighted by Gasteiger charge is 2.15. The van der Waals surface area contributed by atoms with Crippen LogP contribution in [0, 0.1) is 0 Å². The number of rotatable bonds is 4. The van der Waals surface area contributed by atoms with Crippen LogP contribution >= 0.6 is 22.9 Å². The highest BCUT2D eigenvalue weighted by Crippen LogP contribution is 2.17. The van der Waals surface area contributed by atoms with E-state index in [0.29, 0.717) is 9.90 Å². The Bertz CT molecular complexity index is 510. The van der Waals surface area contributed by atoms with Crippen molar-refractivity contribution in [2.45, 2.75) is 6.04 Å². The molecule has 0 aliphatic heterocycles. The van der Waals surface area contributed by atoms with Gasteiger partial charge in [-0.1, -0.05) is 29.8 Å². The van der Waals surface area contributed by atoms with Gasteiger partial charge >= 0.3 is 0 Å². The molecule has 1 heterocycles. The maximum atomic E-state index is 11.9. The minimum Gasteiger partial charge on any atom is -0.394 e. The number of amides is 1. The normalized spacial score (nSPS) is 12.1. The average Bonchev–Trinajstić information content (AvgIpc) is 2.91. The Balaban J connectivity index is 2.10. The Labute approximate surface area is 114 Å². The van der Waals surface area contributed by atoms with Gasteiger partial charge in [-0.2, -0.15) is 0 Å². The molecule has 1 aromatic heterocycles. The molecule has 18 heavy (non-hydrogen) atoms. The van der Waals surface area contributed by atoms with E-state index >= 15 is 0 Å². The van der Waals surface area contributed by atoms with Crippen LogP contribution in [0.2, 0.25) is 5.02 Å². The Hall–Kier alpha value is -1.36. The van der Waals surface area contributed by atoms with Crippen molar-refractivity contribution in [3.63, 3.8) is 0 Å². The Morgan fingerprint density at radius 2 is 2.06 bits per heavy atom. The summed E-state index contributed by atoms with van der Waals surface area (Å²) in [5, 5.41) is 14.6. The zero-order chi connectivity index (χ0) is 13.0. The fourth-order valence-electron chi connectivity index (χ4n) is 1.57. The number of hydrogen-bond donors (Lipinski definition) is 2. The zero-order valence-corrected chi connectivity index (χ0v) is 11.0. The van der Waals surface area contributed by atoms with Crippen molar-refractivity contribution in [1.82, 2.24) is 5.32 Å². The first kappa shape index (κ1) is 13.1. The predicted molar refractivity (Wildman–Crippen MR) is 73.1 cm³/mol. The number of halogens is 1. The molecule has 1 amide bonds. The molecule has 0 bridgehead atoms. The van der Waals surface area contributed by atoms with E-state index < -0.39 is 6.04 Å². The third-order valence-corrected chi connectivity index (χ3v) is 3.63. The van der Waals surface area contributed by atoms with Crippen molar-refractivity contribution in [2.75, 3.05) is 6.61 Å². The second-order valence-corrected chi connectivity index (χ2v) is 5.12. The Morgan fingerprint density at radius 1 is 1.33 bits per heavy atom. The number of carbonyl (C=O) groups excluding carboxylic acids is 1. The molecule has 2 N–H and O–H groups in total. The Kier molecular flexibility index (Phi) is 4.36. The van der Waals surface area contributed by atoms with Crippen LogP contribution < -0.4 is 5.32 Å². The lowest BCUT2D eigenvalue weighted by Crippen LogP contribution is -2.30. The highest BCUT2D eigenvalue weighted by atomic mass is 35.5. The van der Waals surface area contributed by atoms with Gasteiger partial charge in [-0.05, 0) is 29.1 Å². The molecule has 0 fully saturated rings. The van der Waals surface area contributed by atoms with Gasteiger partial charge in [-0.3, -0.25) is 4.79 Å². The van der Waals surface area contributed by atoms with Crippen LogP contribution in [-0.4, -0.2) is 17.6 Å². The van der Waals surface area contributed by atoms with Crippen molar-refractivity contribution < 1.29 is 9.90 Å². The van der Waals surface area contributed by atoms with Crippen LogP contribution in [0.3, 0.4) is 0 Å². The molecular weight excluding hydrogens is 270 g/mol. The molecule has 5 heteroatoms.